The molecule has 0 radical (unpaired) electrons. The minimum Gasteiger partial charge on any atom is -0.453 e. The number of nitrogens with zero attached hydrogens (tertiary/aromatic N) is 4. The summed E-state index contributed by atoms with van der Waals surface area (Å²) in [5.74, 6) is 1.53. The van der Waals surface area contributed by atoms with Crippen LogP contribution in [0.15, 0.2) is 30.3 Å². The summed E-state index contributed by atoms with van der Waals surface area (Å²) in [5, 5.41) is 3.41. The summed E-state index contributed by atoms with van der Waals surface area (Å²) in [6, 6.07) is 12.4. The van der Waals surface area contributed by atoms with Gasteiger partial charge in [-0.1, -0.05) is 36.8 Å². The lowest BCUT2D eigenvalue weighted by atomic mass is 9.53. The molecule has 5 atom stereocenters. The highest BCUT2D eigenvalue weighted by atomic mass is 16.5. The fourth-order valence-corrected chi connectivity index (χ4v) is 8.58. The van der Waals surface area contributed by atoms with Crippen molar-refractivity contribution in [3.8, 4) is 0 Å². The molecule has 39 heavy (non-hydrogen) atoms. The highest BCUT2D eigenvalue weighted by Crippen LogP contribution is 2.67. The van der Waals surface area contributed by atoms with E-state index in [4.69, 9.17) is 9.72 Å². The number of methoxy groups -OCH3 is 1. The third-order valence-corrected chi connectivity index (χ3v) is 10.8. The number of piperidine rings is 1. The molecule has 1 N–H and O–H groups in total. The Morgan fingerprint density at radius 3 is 2.69 bits per heavy atom. The van der Waals surface area contributed by atoms with Crippen LogP contribution in [-0.2, 0) is 22.5 Å². The van der Waals surface area contributed by atoms with Crippen molar-refractivity contribution in [1.82, 2.24) is 24.7 Å². The fourth-order valence-electron chi connectivity index (χ4n) is 8.58. The number of rotatable bonds is 7. The van der Waals surface area contributed by atoms with Crippen LogP contribution in [0.25, 0.3) is 0 Å². The van der Waals surface area contributed by atoms with Crippen LogP contribution >= 0.6 is 0 Å². The summed E-state index contributed by atoms with van der Waals surface area (Å²) in [5.41, 5.74) is 4.03. The number of benzene rings is 1. The second kappa shape index (κ2) is 9.65. The first-order valence-corrected chi connectivity index (χ1v) is 15.0. The minimum absolute atomic E-state index is 0.0762. The molecule has 1 aromatic heterocycles. The van der Waals surface area contributed by atoms with Gasteiger partial charge in [0.2, 0.25) is 5.91 Å². The number of imidazole rings is 1. The van der Waals surface area contributed by atoms with Crippen LogP contribution in [0.4, 0.5) is 4.79 Å². The Bertz CT molecular complexity index is 1260. The monoisotopic (exact) mass is 531 g/mol. The van der Waals surface area contributed by atoms with Crippen molar-refractivity contribution in [2.75, 3.05) is 20.2 Å². The second-order valence-corrected chi connectivity index (χ2v) is 12.6. The highest BCUT2D eigenvalue weighted by Gasteiger charge is 2.69. The van der Waals surface area contributed by atoms with E-state index in [1.807, 2.05) is 0 Å². The van der Waals surface area contributed by atoms with E-state index in [0.717, 1.165) is 43.7 Å². The Labute approximate surface area is 231 Å². The maximum Gasteiger partial charge on any atom is 0.409 e. The third-order valence-electron chi connectivity index (χ3n) is 10.8. The smallest absolute Gasteiger partial charge is 0.409 e. The molecule has 3 aliphatic carbocycles. The quantitative estimate of drug-likeness (QED) is 0.568. The number of nitrogens with one attached hydrogen (secondary N) is 1. The van der Waals surface area contributed by atoms with E-state index < -0.39 is 0 Å². The Kier molecular flexibility index (Phi) is 6.21. The number of carbonyl (C=O) groups excluding carboxylic acids is 2. The zero-order valence-electron chi connectivity index (χ0n) is 23.3. The van der Waals surface area contributed by atoms with Gasteiger partial charge in [-0.2, -0.15) is 0 Å². The normalized spacial score (nSPS) is 30.2. The maximum atomic E-state index is 12.9. The van der Waals surface area contributed by atoms with E-state index in [1.54, 1.807) is 4.90 Å². The van der Waals surface area contributed by atoms with Gasteiger partial charge < -0.3 is 19.5 Å². The predicted molar refractivity (Wildman–Crippen MR) is 147 cm³/mol. The van der Waals surface area contributed by atoms with Gasteiger partial charge in [0, 0.05) is 54.7 Å². The van der Waals surface area contributed by atoms with Gasteiger partial charge in [-0.3, -0.25) is 9.69 Å². The van der Waals surface area contributed by atoms with Crippen LogP contribution in [0.2, 0.25) is 0 Å². The number of ether oxygens (including phenoxy) is 1. The van der Waals surface area contributed by atoms with Crippen molar-refractivity contribution in [3.05, 3.63) is 53.1 Å². The molecule has 2 aromatic rings. The Balaban J connectivity index is 1.05. The van der Waals surface area contributed by atoms with E-state index in [1.165, 1.54) is 50.5 Å². The van der Waals surface area contributed by atoms with Crippen molar-refractivity contribution in [2.24, 2.45) is 11.3 Å². The molecule has 7 rings (SSSR count). The Hall–Kier alpha value is -2.87. The molecule has 1 spiro atoms. The summed E-state index contributed by atoms with van der Waals surface area (Å²) < 4.78 is 7.48. The van der Waals surface area contributed by atoms with Gasteiger partial charge in [-0.25, -0.2) is 9.78 Å². The van der Waals surface area contributed by atoms with E-state index in [9.17, 15) is 9.59 Å². The molecule has 4 unspecified atom stereocenters. The number of hydrogen-bond acceptors (Lipinski definition) is 5. The molecule has 3 saturated carbocycles. The zero-order valence-corrected chi connectivity index (χ0v) is 23.3. The summed E-state index contributed by atoms with van der Waals surface area (Å²) in [6.45, 7) is 4.39. The number of amides is 2. The molecule has 8 heteroatoms. The summed E-state index contributed by atoms with van der Waals surface area (Å²) >= 11 is 0. The van der Waals surface area contributed by atoms with Gasteiger partial charge in [0.05, 0.1) is 25.4 Å². The summed E-state index contributed by atoms with van der Waals surface area (Å²) in [6.07, 6.45) is 9.82. The van der Waals surface area contributed by atoms with Gasteiger partial charge in [0.25, 0.3) is 0 Å². The molecule has 208 valence electrons. The van der Waals surface area contributed by atoms with Crippen LogP contribution in [0.1, 0.15) is 86.2 Å². The molecule has 2 aliphatic heterocycles. The molecule has 4 fully saturated rings. The molecule has 1 saturated heterocycles. The van der Waals surface area contributed by atoms with Gasteiger partial charge >= 0.3 is 6.09 Å². The minimum atomic E-state index is -0.267. The van der Waals surface area contributed by atoms with Crippen LogP contribution in [0.3, 0.4) is 0 Å². The van der Waals surface area contributed by atoms with E-state index in [2.05, 4.69) is 52.0 Å². The van der Waals surface area contributed by atoms with Crippen molar-refractivity contribution in [2.45, 2.75) is 95.4 Å². The molecule has 8 nitrogen and oxygen atoms in total. The van der Waals surface area contributed by atoms with Crippen LogP contribution in [-0.4, -0.2) is 63.6 Å². The first kappa shape index (κ1) is 25.1. The number of aromatic nitrogens is 2. The largest absolute Gasteiger partial charge is 0.453 e. The van der Waals surface area contributed by atoms with Gasteiger partial charge in [-0.15, -0.1) is 0 Å². The van der Waals surface area contributed by atoms with E-state index >= 15 is 0 Å². The number of hydrogen-bond donors (Lipinski definition) is 1. The zero-order chi connectivity index (χ0) is 26.7. The summed E-state index contributed by atoms with van der Waals surface area (Å²) in [4.78, 5) is 34.4. The van der Waals surface area contributed by atoms with Gasteiger partial charge in [-0.05, 0) is 57.4 Å². The lowest BCUT2D eigenvalue weighted by Crippen LogP contribution is -2.74. The maximum absolute atomic E-state index is 12.9. The molecule has 2 amide bonds. The average molecular weight is 532 g/mol. The van der Waals surface area contributed by atoms with Crippen molar-refractivity contribution < 1.29 is 14.3 Å². The van der Waals surface area contributed by atoms with Gasteiger partial charge in [0.1, 0.15) is 5.82 Å². The number of aryl methyl sites for hydroxylation is 1. The molecule has 5 aliphatic rings. The molecule has 0 bridgehead atoms. The van der Waals surface area contributed by atoms with Crippen molar-refractivity contribution in [3.63, 3.8) is 0 Å². The average Bonchev–Trinajstić information content (AvgIpc) is 3.45. The molecular formula is C31H41N5O3. The molecule has 1 aromatic carbocycles. The third kappa shape index (κ3) is 4.00. The number of likely N-dealkylation sites (tertiary alicyclic amines) is 1. The van der Waals surface area contributed by atoms with Crippen molar-refractivity contribution >= 4 is 12.0 Å². The SMILES string of the molecule is COC(=O)N1CCc2c(nc(C)n2C2CC3N(CC[C@H](NC(=O)C4CCC4)c4ccccc4)C4CCC43C2)C1. The first-order chi connectivity index (χ1) is 19.0. The van der Waals surface area contributed by atoms with Crippen LogP contribution in [0, 0.1) is 18.3 Å². The summed E-state index contributed by atoms with van der Waals surface area (Å²) in [7, 11) is 1.44. The Morgan fingerprint density at radius 2 is 2.00 bits per heavy atom. The van der Waals surface area contributed by atoms with Gasteiger partial charge in [0.15, 0.2) is 0 Å². The predicted octanol–water partition coefficient (Wildman–Crippen LogP) is 4.53. The van der Waals surface area contributed by atoms with Crippen LogP contribution in [0.5, 0.6) is 0 Å². The first-order valence-electron chi connectivity index (χ1n) is 15.0. The van der Waals surface area contributed by atoms with E-state index in [-0.39, 0.29) is 24.0 Å². The van der Waals surface area contributed by atoms with Crippen LogP contribution < -0.4 is 5.32 Å². The second-order valence-electron chi connectivity index (χ2n) is 12.6. The number of carbonyl (C=O) groups is 2. The lowest BCUT2D eigenvalue weighted by Gasteiger charge is -2.68. The van der Waals surface area contributed by atoms with E-state index in [0.29, 0.717) is 36.6 Å². The highest BCUT2D eigenvalue weighted by molar-refractivity contribution is 5.79. The molecule has 3 heterocycles. The molecular weight excluding hydrogens is 490 g/mol. The standard InChI is InChI=1S/C31H41N5O3/c1-20-32-25-19-34(30(38)39-2)15-13-26(25)36(20)23-17-28-31(18-23)14-11-27(31)35(28)16-12-24(21-7-4-3-5-8-21)33-29(37)22-9-6-10-22/h3-5,7-8,22-24,27-28H,6,9-19H2,1-2H3,(H,33,37)/t23?,24-,27?,28?,31?/m0/s1. The van der Waals surface area contributed by atoms with Crippen molar-refractivity contribution in [1.29, 1.82) is 0 Å². The fraction of sp³-hybridized carbons (Fsp3) is 0.645. The topological polar surface area (TPSA) is 79.7 Å². The Morgan fingerprint density at radius 1 is 1.18 bits per heavy atom. The lowest BCUT2D eigenvalue weighted by molar-refractivity contribution is -0.188. The number of fused-ring (bicyclic) bond motifs is 1.